The van der Waals surface area contributed by atoms with Crippen LogP contribution in [0.2, 0.25) is 0 Å². The summed E-state index contributed by atoms with van der Waals surface area (Å²) in [5.74, 6) is 2.12. The van der Waals surface area contributed by atoms with Crippen molar-refractivity contribution in [3.05, 3.63) is 67.0 Å². The molecule has 0 bridgehead atoms. The predicted octanol–water partition coefficient (Wildman–Crippen LogP) is 4.07. The van der Waals surface area contributed by atoms with Crippen molar-refractivity contribution < 1.29 is 14.3 Å². The van der Waals surface area contributed by atoms with Crippen LogP contribution in [-0.4, -0.2) is 33.7 Å². The second-order valence-corrected chi connectivity index (χ2v) is 7.21. The summed E-state index contributed by atoms with van der Waals surface area (Å²) in [7, 11) is 0. The number of benzene rings is 2. The Balaban J connectivity index is 1.30. The first-order chi connectivity index (χ1) is 14.7. The van der Waals surface area contributed by atoms with Gasteiger partial charge in [0, 0.05) is 24.2 Å². The van der Waals surface area contributed by atoms with Crippen molar-refractivity contribution in [1.29, 1.82) is 0 Å². The molecule has 0 aliphatic carbocycles. The Morgan fingerprint density at radius 1 is 1.00 bits per heavy atom. The van der Waals surface area contributed by atoms with Gasteiger partial charge in [-0.2, -0.15) is 5.10 Å². The molecule has 2 aromatic heterocycles. The van der Waals surface area contributed by atoms with Crippen LogP contribution >= 0.6 is 0 Å². The zero-order valence-electron chi connectivity index (χ0n) is 16.2. The molecule has 7 nitrogen and oxygen atoms in total. The number of ether oxygens (including phenoxy) is 2. The summed E-state index contributed by atoms with van der Waals surface area (Å²) in [6.07, 6.45) is 4.79. The molecular weight excluding hydrogens is 380 g/mol. The van der Waals surface area contributed by atoms with Crippen LogP contribution in [0.15, 0.2) is 67.0 Å². The van der Waals surface area contributed by atoms with E-state index in [4.69, 9.17) is 9.47 Å². The van der Waals surface area contributed by atoms with Crippen molar-refractivity contribution in [3.8, 4) is 28.6 Å². The quantitative estimate of drug-likeness (QED) is 0.509. The molecule has 1 amide bonds. The molecule has 4 aromatic rings. The molecule has 1 saturated heterocycles. The molecule has 30 heavy (non-hydrogen) atoms. The van der Waals surface area contributed by atoms with Gasteiger partial charge >= 0.3 is 0 Å². The van der Waals surface area contributed by atoms with Crippen molar-refractivity contribution in [2.24, 2.45) is 0 Å². The molecule has 1 aliphatic heterocycles. The minimum atomic E-state index is 0.0434. The van der Waals surface area contributed by atoms with Crippen molar-refractivity contribution in [3.63, 3.8) is 0 Å². The number of nitrogens with one attached hydrogen (secondary N) is 2. The molecule has 1 atom stereocenters. The molecule has 3 heterocycles. The Morgan fingerprint density at radius 2 is 1.87 bits per heavy atom. The maximum Gasteiger partial charge on any atom is 0.221 e. The Labute approximate surface area is 173 Å². The molecule has 0 saturated carbocycles. The summed E-state index contributed by atoms with van der Waals surface area (Å²) in [6.45, 7) is 0.415. The van der Waals surface area contributed by atoms with E-state index in [0.29, 0.717) is 18.9 Å². The number of carbonyl (C=O) groups excluding carboxylic acids is 1. The molecule has 2 aromatic carbocycles. The lowest BCUT2D eigenvalue weighted by molar-refractivity contribution is -0.119. The topological polar surface area (TPSA) is 89.1 Å². The number of hydrogen-bond donors (Lipinski definition) is 2. The maximum absolute atomic E-state index is 11.3. The van der Waals surface area contributed by atoms with Gasteiger partial charge in [-0.1, -0.05) is 0 Å². The Hall–Kier alpha value is -3.87. The number of H-pyrrole nitrogens is 1. The molecule has 2 N–H and O–H groups in total. The van der Waals surface area contributed by atoms with Gasteiger partial charge in [-0.3, -0.25) is 9.89 Å². The number of hydrogen-bond acceptors (Lipinski definition) is 5. The van der Waals surface area contributed by atoms with E-state index in [0.717, 1.165) is 39.9 Å². The van der Waals surface area contributed by atoms with Gasteiger partial charge in [0.1, 0.15) is 18.1 Å². The highest BCUT2D eigenvalue weighted by atomic mass is 16.5. The first-order valence-electron chi connectivity index (χ1n) is 9.83. The van der Waals surface area contributed by atoms with E-state index in [1.54, 1.807) is 12.4 Å². The van der Waals surface area contributed by atoms with Crippen molar-refractivity contribution in [2.75, 3.05) is 6.61 Å². The molecule has 0 radical (unpaired) electrons. The normalized spacial score (nSPS) is 15.9. The van der Waals surface area contributed by atoms with E-state index in [1.165, 1.54) is 0 Å². The first-order valence-corrected chi connectivity index (χ1v) is 9.83. The second-order valence-electron chi connectivity index (χ2n) is 7.21. The summed E-state index contributed by atoms with van der Waals surface area (Å²) >= 11 is 0. The van der Waals surface area contributed by atoms with Gasteiger partial charge in [0.05, 0.1) is 11.7 Å². The van der Waals surface area contributed by atoms with Gasteiger partial charge < -0.3 is 14.8 Å². The minimum absolute atomic E-state index is 0.0434. The molecule has 0 spiro atoms. The van der Waals surface area contributed by atoms with E-state index in [-0.39, 0.29) is 11.9 Å². The van der Waals surface area contributed by atoms with Crippen LogP contribution in [0.25, 0.3) is 22.0 Å². The monoisotopic (exact) mass is 400 g/mol. The van der Waals surface area contributed by atoms with Crippen molar-refractivity contribution in [2.45, 2.75) is 18.9 Å². The highest BCUT2D eigenvalue weighted by Crippen LogP contribution is 2.30. The zero-order chi connectivity index (χ0) is 20.3. The van der Waals surface area contributed by atoms with Gasteiger partial charge in [0.2, 0.25) is 11.8 Å². The largest absolute Gasteiger partial charge is 0.475 e. The lowest BCUT2D eigenvalue weighted by atomic mass is 10.1. The molecule has 1 unspecified atom stereocenters. The number of pyridine rings is 1. The number of amides is 1. The summed E-state index contributed by atoms with van der Waals surface area (Å²) in [4.78, 5) is 15.7. The Bertz CT molecular complexity index is 1170. The summed E-state index contributed by atoms with van der Waals surface area (Å²) in [6, 6.07) is 17.5. The Morgan fingerprint density at radius 3 is 2.63 bits per heavy atom. The van der Waals surface area contributed by atoms with E-state index >= 15 is 0 Å². The standard InChI is InChI=1S/C23H20N4O3/c28-22-8-3-17(26-22)14-29-23-20-7-6-19(13-16(20)9-11-24-23)30-18-4-1-15(2-5-18)21-10-12-25-27-21/h1-2,4-7,9-13,17H,3,8,14H2,(H,25,27)(H,26,28). The van der Waals surface area contributed by atoms with Crippen LogP contribution < -0.4 is 14.8 Å². The fraction of sp³-hybridized carbons (Fsp3) is 0.174. The van der Waals surface area contributed by atoms with Crippen LogP contribution in [0.3, 0.4) is 0 Å². The van der Waals surface area contributed by atoms with Gasteiger partial charge in [-0.05, 0) is 72.0 Å². The van der Waals surface area contributed by atoms with E-state index in [9.17, 15) is 4.79 Å². The van der Waals surface area contributed by atoms with Crippen LogP contribution in [0.4, 0.5) is 0 Å². The number of aromatic nitrogens is 3. The van der Waals surface area contributed by atoms with Crippen molar-refractivity contribution in [1.82, 2.24) is 20.5 Å². The molecule has 5 rings (SSSR count). The number of nitrogens with zero attached hydrogens (tertiary/aromatic N) is 2. The fourth-order valence-corrected chi connectivity index (χ4v) is 3.54. The number of fused-ring (bicyclic) bond motifs is 1. The first kappa shape index (κ1) is 18.2. The molecule has 150 valence electrons. The third kappa shape index (κ3) is 3.82. The molecule has 1 fully saturated rings. The minimum Gasteiger partial charge on any atom is -0.475 e. The smallest absolute Gasteiger partial charge is 0.221 e. The average molecular weight is 400 g/mol. The van der Waals surface area contributed by atoms with Crippen molar-refractivity contribution >= 4 is 16.7 Å². The molecular formula is C23H20N4O3. The predicted molar refractivity (Wildman–Crippen MR) is 113 cm³/mol. The second kappa shape index (κ2) is 7.87. The highest BCUT2D eigenvalue weighted by molar-refractivity contribution is 5.88. The van der Waals surface area contributed by atoms with E-state index in [2.05, 4.69) is 20.5 Å². The third-order valence-corrected chi connectivity index (χ3v) is 5.11. The number of rotatable bonds is 6. The number of aromatic amines is 1. The summed E-state index contributed by atoms with van der Waals surface area (Å²) in [5.41, 5.74) is 2.01. The molecule has 7 heteroatoms. The Kier molecular flexibility index (Phi) is 4.77. The van der Waals surface area contributed by atoms with Gasteiger partial charge in [-0.15, -0.1) is 0 Å². The average Bonchev–Trinajstić information content (AvgIpc) is 3.45. The van der Waals surface area contributed by atoms with Gasteiger partial charge in [-0.25, -0.2) is 4.98 Å². The SMILES string of the molecule is O=C1CCC(COc2nccc3cc(Oc4ccc(-c5ccn[nH]5)cc4)ccc23)N1. The lowest BCUT2D eigenvalue weighted by Crippen LogP contribution is -2.31. The van der Waals surface area contributed by atoms with Gasteiger partial charge in [0.15, 0.2) is 0 Å². The highest BCUT2D eigenvalue weighted by Gasteiger charge is 2.21. The summed E-state index contributed by atoms with van der Waals surface area (Å²) < 4.78 is 11.9. The van der Waals surface area contributed by atoms with Crippen LogP contribution in [0.1, 0.15) is 12.8 Å². The lowest BCUT2D eigenvalue weighted by Gasteiger charge is -2.13. The maximum atomic E-state index is 11.3. The summed E-state index contributed by atoms with van der Waals surface area (Å²) in [5, 5.41) is 11.7. The van der Waals surface area contributed by atoms with E-state index < -0.39 is 0 Å². The number of carbonyl (C=O) groups is 1. The van der Waals surface area contributed by atoms with E-state index in [1.807, 2.05) is 54.6 Å². The van der Waals surface area contributed by atoms with Crippen LogP contribution in [-0.2, 0) is 4.79 Å². The fourth-order valence-electron chi connectivity index (χ4n) is 3.54. The van der Waals surface area contributed by atoms with Crippen LogP contribution in [0, 0.1) is 0 Å². The molecule has 1 aliphatic rings. The third-order valence-electron chi connectivity index (χ3n) is 5.11. The van der Waals surface area contributed by atoms with Gasteiger partial charge in [0.25, 0.3) is 0 Å². The zero-order valence-corrected chi connectivity index (χ0v) is 16.2. The van der Waals surface area contributed by atoms with Crippen LogP contribution in [0.5, 0.6) is 17.4 Å².